The third-order valence-corrected chi connectivity index (χ3v) is 3.94. The lowest BCUT2D eigenvalue weighted by Gasteiger charge is -2.05. The van der Waals surface area contributed by atoms with Crippen molar-refractivity contribution >= 4 is 5.91 Å². The van der Waals surface area contributed by atoms with Crippen molar-refractivity contribution in [3.05, 3.63) is 71.3 Å². The minimum atomic E-state index is 0.155. The van der Waals surface area contributed by atoms with Crippen molar-refractivity contribution in [2.75, 3.05) is 0 Å². The van der Waals surface area contributed by atoms with Crippen LogP contribution in [0.15, 0.2) is 54.6 Å². The number of rotatable bonds is 4. The van der Waals surface area contributed by atoms with E-state index in [2.05, 4.69) is 48.6 Å². The largest absolute Gasteiger partial charge is 0.352 e. The first-order valence-corrected chi connectivity index (χ1v) is 7.12. The summed E-state index contributed by atoms with van der Waals surface area (Å²) < 4.78 is 0. The van der Waals surface area contributed by atoms with Gasteiger partial charge in [0.15, 0.2) is 0 Å². The van der Waals surface area contributed by atoms with Crippen molar-refractivity contribution in [1.82, 2.24) is 5.32 Å². The van der Waals surface area contributed by atoms with Crippen LogP contribution in [-0.4, -0.2) is 5.91 Å². The molecule has 0 saturated heterocycles. The van der Waals surface area contributed by atoms with Gasteiger partial charge >= 0.3 is 0 Å². The zero-order chi connectivity index (χ0) is 13.9. The van der Waals surface area contributed by atoms with E-state index >= 15 is 0 Å². The van der Waals surface area contributed by atoms with E-state index < -0.39 is 0 Å². The Balaban J connectivity index is 1.53. The molecule has 0 aliphatic heterocycles. The molecule has 2 aromatic carbocycles. The van der Waals surface area contributed by atoms with Crippen LogP contribution < -0.4 is 5.32 Å². The van der Waals surface area contributed by atoms with Gasteiger partial charge in [0.05, 0.1) is 0 Å². The Morgan fingerprint density at radius 2 is 1.80 bits per heavy atom. The van der Waals surface area contributed by atoms with Crippen molar-refractivity contribution in [2.24, 2.45) is 5.92 Å². The highest BCUT2D eigenvalue weighted by molar-refractivity contribution is 5.82. The van der Waals surface area contributed by atoms with E-state index in [-0.39, 0.29) is 11.8 Å². The molecule has 0 aromatic heterocycles. The van der Waals surface area contributed by atoms with Crippen molar-refractivity contribution in [3.63, 3.8) is 0 Å². The molecule has 0 bridgehead atoms. The molecule has 2 heteroatoms. The second-order valence-corrected chi connectivity index (χ2v) is 5.56. The maximum atomic E-state index is 12.1. The number of hydrogen-bond acceptors (Lipinski definition) is 1. The molecule has 20 heavy (non-hydrogen) atoms. The summed E-state index contributed by atoms with van der Waals surface area (Å²) in [4.78, 5) is 12.1. The molecule has 2 aromatic rings. The second kappa shape index (κ2) is 5.49. The molecule has 0 heterocycles. The highest BCUT2D eigenvalue weighted by Crippen LogP contribution is 2.47. The molecule has 1 fully saturated rings. The molecule has 102 valence electrons. The summed E-state index contributed by atoms with van der Waals surface area (Å²) in [7, 11) is 0. The normalized spacial score (nSPS) is 20.4. The highest BCUT2D eigenvalue weighted by Gasteiger charge is 2.43. The first-order valence-electron chi connectivity index (χ1n) is 7.12. The molecule has 3 rings (SSSR count). The first-order chi connectivity index (χ1) is 9.74. The standard InChI is InChI=1S/C18H19NO/c1-13-7-9-14(10-8-13)12-19-18(20)17-11-16(17)15-5-3-2-4-6-15/h2-10,16-17H,11-12H2,1H3,(H,19,20)/t16-,17-/m0/s1. The molecule has 1 saturated carbocycles. The Kier molecular flexibility index (Phi) is 3.55. The van der Waals surface area contributed by atoms with Crippen LogP contribution >= 0.6 is 0 Å². The fourth-order valence-electron chi connectivity index (χ4n) is 2.58. The number of nitrogens with one attached hydrogen (secondary N) is 1. The topological polar surface area (TPSA) is 29.1 Å². The van der Waals surface area contributed by atoms with E-state index in [1.807, 2.05) is 18.2 Å². The second-order valence-electron chi connectivity index (χ2n) is 5.56. The van der Waals surface area contributed by atoms with Crippen LogP contribution in [-0.2, 0) is 11.3 Å². The van der Waals surface area contributed by atoms with Crippen LogP contribution in [0.1, 0.15) is 29.0 Å². The maximum Gasteiger partial charge on any atom is 0.224 e. The van der Waals surface area contributed by atoms with E-state index in [4.69, 9.17) is 0 Å². The Bertz CT molecular complexity index is 589. The van der Waals surface area contributed by atoms with Crippen molar-refractivity contribution in [2.45, 2.75) is 25.8 Å². The Morgan fingerprint density at radius 1 is 1.10 bits per heavy atom. The van der Waals surface area contributed by atoms with Gasteiger partial charge in [-0.3, -0.25) is 4.79 Å². The van der Waals surface area contributed by atoms with Gasteiger partial charge < -0.3 is 5.32 Å². The van der Waals surface area contributed by atoms with Crippen LogP contribution in [0.5, 0.6) is 0 Å². The van der Waals surface area contributed by atoms with Crippen LogP contribution in [0.3, 0.4) is 0 Å². The first kappa shape index (κ1) is 12.9. The molecule has 0 spiro atoms. The van der Waals surface area contributed by atoms with Gasteiger partial charge in [0.25, 0.3) is 0 Å². The molecule has 1 aliphatic rings. The van der Waals surface area contributed by atoms with Gasteiger partial charge in [0.2, 0.25) is 5.91 Å². The summed E-state index contributed by atoms with van der Waals surface area (Å²) in [5, 5.41) is 3.04. The number of carbonyl (C=O) groups excluding carboxylic acids is 1. The van der Waals surface area contributed by atoms with E-state index in [0.717, 1.165) is 12.0 Å². The number of aryl methyl sites for hydroxylation is 1. The maximum absolute atomic E-state index is 12.1. The summed E-state index contributed by atoms with van der Waals surface area (Å²) >= 11 is 0. The minimum Gasteiger partial charge on any atom is -0.352 e. The Hall–Kier alpha value is -2.09. The van der Waals surface area contributed by atoms with Crippen molar-refractivity contribution in [3.8, 4) is 0 Å². The number of benzene rings is 2. The molecule has 2 nitrogen and oxygen atoms in total. The van der Waals surface area contributed by atoms with Crippen molar-refractivity contribution < 1.29 is 4.79 Å². The van der Waals surface area contributed by atoms with Gasteiger partial charge in [-0.05, 0) is 30.4 Å². The van der Waals surface area contributed by atoms with E-state index in [9.17, 15) is 4.79 Å². The molecule has 1 aliphatic carbocycles. The zero-order valence-corrected chi connectivity index (χ0v) is 11.7. The third-order valence-electron chi connectivity index (χ3n) is 3.94. The lowest BCUT2D eigenvalue weighted by Crippen LogP contribution is -2.24. The average molecular weight is 265 g/mol. The van der Waals surface area contributed by atoms with Gasteiger partial charge in [0.1, 0.15) is 0 Å². The minimum absolute atomic E-state index is 0.155. The molecular formula is C18H19NO. The smallest absolute Gasteiger partial charge is 0.224 e. The van der Waals surface area contributed by atoms with Gasteiger partial charge in [-0.25, -0.2) is 0 Å². The van der Waals surface area contributed by atoms with Gasteiger partial charge in [-0.2, -0.15) is 0 Å². The van der Waals surface area contributed by atoms with E-state index in [1.165, 1.54) is 11.1 Å². The van der Waals surface area contributed by atoms with E-state index in [1.54, 1.807) is 0 Å². The summed E-state index contributed by atoms with van der Waals surface area (Å²) in [6.45, 7) is 2.69. The summed E-state index contributed by atoms with van der Waals surface area (Å²) in [5.74, 6) is 0.747. The SMILES string of the molecule is Cc1ccc(CNC(=O)[C@H]2C[C@H]2c2ccccc2)cc1. The molecule has 2 atom stereocenters. The van der Waals surface area contributed by atoms with Gasteiger partial charge in [-0.1, -0.05) is 60.2 Å². The van der Waals surface area contributed by atoms with Crippen LogP contribution in [0.2, 0.25) is 0 Å². The zero-order valence-electron chi connectivity index (χ0n) is 11.7. The number of amides is 1. The quantitative estimate of drug-likeness (QED) is 0.901. The van der Waals surface area contributed by atoms with Crippen LogP contribution in [0.25, 0.3) is 0 Å². The lowest BCUT2D eigenvalue weighted by atomic mass is 10.1. The van der Waals surface area contributed by atoms with Gasteiger partial charge in [0, 0.05) is 12.5 Å². The summed E-state index contributed by atoms with van der Waals surface area (Å²) in [6.07, 6.45) is 0.976. The fraction of sp³-hybridized carbons (Fsp3) is 0.278. The molecule has 1 N–H and O–H groups in total. The Labute approximate surface area is 119 Å². The van der Waals surface area contributed by atoms with Crippen LogP contribution in [0.4, 0.5) is 0 Å². The molecule has 1 amide bonds. The average Bonchev–Trinajstić information content (AvgIpc) is 3.28. The third kappa shape index (κ3) is 2.90. The molecule has 0 unspecified atom stereocenters. The summed E-state index contributed by atoms with van der Waals surface area (Å²) in [5.41, 5.74) is 3.68. The number of carbonyl (C=O) groups is 1. The van der Waals surface area contributed by atoms with Crippen LogP contribution in [0, 0.1) is 12.8 Å². The lowest BCUT2D eigenvalue weighted by molar-refractivity contribution is -0.122. The predicted octanol–water partition coefficient (Wildman–Crippen LogP) is 3.41. The molecule has 0 radical (unpaired) electrons. The number of hydrogen-bond donors (Lipinski definition) is 1. The van der Waals surface area contributed by atoms with E-state index in [0.29, 0.717) is 12.5 Å². The Morgan fingerprint density at radius 3 is 2.50 bits per heavy atom. The fourth-order valence-corrected chi connectivity index (χ4v) is 2.58. The summed E-state index contributed by atoms with van der Waals surface area (Å²) in [6, 6.07) is 18.6. The molecular weight excluding hydrogens is 246 g/mol. The highest BCUT2D eigenvalue weighted by atomic mass is 16.2. The van der Waals surface area contributed by atoms with Crippen molar-refractivity contribution in [1.29, 1.82) is 0 Å². The predicted molar refractivity (Wildman–Crippen MR) is 80.3 cm³/mol. The van der Waals surface area contributed by atoms with Gasteiger partial charge in [-0.15, -0.1) is 0 Å². The monoisotopic (exact) mass is 265 g/mol.